The molecule has 1 atom stereocenters. The van der Waals surface area contributed by atoms with Crippen molar-refractivity contribution in [1.82, 2.24) is 15.6 Å². The highest BCUT2D eigenvalue weighted by Crippen LogP contribution is 2.22. The number of carbonyl (C=O) groups excluding carboxylic acids is 1. The molecule has 0 unspecified atom stereocenters. The van der Waals surface area contributed by atoms with Crippen molar-refractivity contribution in [2.75, 3.05) is 13.6 Å². The zero-order valence-electron chi connectivity index (χ0n) is 18.5. The first-order chi connectivity index (χ1) is 15.0. The lowest BCUT2D eigenvalue weighted by Crippen LogP contribution is -2.47. The van der Waals surface area contributed by atoms with E-state index in [9.17, 15) is 4.79 Å². The van der Waals surface area contributed by atoms with Crippen molar-refractivity contribution in [2.45, 2.75) is 38.3 Å². The van der Waals surface area contributed by atoms with E-state index in [2.05, 4.69) is 41.6 Å². The minimum absolute atomic E-state index is 0.00184. The van der Waals surface area contributed by atoms with E-state index < -0.39 is 0 Å². The van der Waals surface area contributed by atoms with Crippen LogP contribution in [0, 0.1) is 0 Å². The third-order valence-electron chi connectivity index (χ3n) is 5.40. The van der Waals surface area contributed by atoms with Crippen molar-refractivity contribution >= 4 is 5.91 Å². The summed E-state index contributed by atoms with van der Waals surface area (Å²) < 4.78 is 5.79. The van der Waals surface area contributed by atoms with Gasteiger partial charge in [0.05, 0.1) is 11.7 Å². The smallest absolute Gasteiger partial charge is 0.237 e. The second kappa shape index (κ2) is 10.7. The molecule has 0 bridgehead atoms. The summed E-state index contributed by atoms with van der Waals surface area (Å²) in [4.78, 5) is 17.0. The highest BCUT2D eigenvalue weighted by molar-refractivity contribution is 5.82. The molecule has 1 heterocycles. The lowest BCUT2D eigenvalue weighted by atomic mass is 9.84. The standard InChI is InChI=1S/C26H31N3O2/c1-26(2,21-9-5-4-6-10-21)19-29-25(30)24(27-3)17-20-12-14-23(15-13-20)31-18-22-11-7-8-16-28-22/h4-16,24,27H,17-19H2,1-3H3,(H,29,30)/t24-/m0/s1. The Morgan fingerprint density at radius 1 is 1.00 bits per heavy atom. The summed E-state index contributed by atoms with van der Waals surface area (Å²) in [6.45, 7) is 5.29. The third-order valence-corrected chi connectivity index (χ3v) is 5.40. The summed E-state index contributed by atoms with van der Waals surface area (Å²) in [6, 6.07) is 23.6. The Bertz CT molecular complexity index is 941. The van der Waals surface area contributed by atoms with Crippen molar-refractivity contribution in [3.63, 3.8) is 0 Å². The van der Waals surface area contributed by atoms with Gasteiger partial charge in [-0.2, -0.15) is 0 Å². The number of amides is 1. The Morgan fingerprint density at radius 3 is 2.35 bits per heavy atom. The van der Waals surface area contributed by atoms with Crippen LogP contribution in [0.3, 0.4) is 0 Å². The van der Waals surface area contributed by atoms with Crippen LogP contribution in [0.15, 0.2) is 79.0 Å². The first-order valence-corrected chi connectivity index (χ1v) is 10.6. The first kappa shape index (κ1) is 22.5. The van der Waals surface area contributed by atoms with Crippen molar-refractivity contribution < 1.29 is 9.53 Å². The molecule has 162 valence electrons. The SMILES string of the molecule is CN[C@@H](Cc1ccc(OCc2ccccn2)cc1)C(=O)NCC(C)(C)c1ccccc1. The maximum atomic E-state index is 12.8. The molecule has 0 saturated carbocycles. The fraction of sp³-hybridized carbons (Fsp3) is 0.308. The van der Waals surface area contributed by atoms with E-state index in [1.807, 2.05) is 67.7 Å². The molecule has 0 saturated heterocycles. The van der Waals surface area contributed by atoms with Gasteiger partial charge in [0.15, 0.2) is 0 Å². The number of rotatable bonds is 10. The van der Waals surface area contributed by atoms with E-state index in [-0.39, 0.29) is 17.4 Å². The molecule has 5 heteroatoms. The number of carbonyl (C=O) groups is 1. The van der Waals surface area contributed by atoms with E-state index in [4.69, 9.17) is 4.74 Å². The van der Waals surface area contributed by atoms with Gasteiger partial charge in [-0.05, 0) is 48.9 Å². The molecule has 0 aliphatic rings. The Labute approximate surface area is 184 Å². The molecular formula is C26H31N3O2. The molecular weight excluding hydrogens is 386 g/mol. The van der Waals surface area contributed by atoms with Gasteiger partial charge in [-0.3, -0.25) is 9.78 Å². The van der Waals surface area contributed by atoms with Crippen LogP contribution in [0.4, 0.5) is 0 Å². The van der Waals surface area contributed by atoms with Crippen molar-refractivity contribution in [3.05, 3.63) is 95.8 Å². The molecule has 3 rings (SSSR count). The molecule has 2 N–H and O–H groups in total. The third kappa shape index (κ3) is 6.66. The van der Waals surface area contributed by atoms with Gasteiger partial charge in [-0.25, -0.2) is 0 Å². The Balaban J connectivity index is 1.52. The number of ether oxygens (including phenoxy) is 1. The summed E-state index contributed by atoms with van der Waals surface area (Å²) in [7, 11) is 1.82. The summed E-state index contributed by atoms with van der Waals surface area (Å²) in [5, 5.41) is 6.25. The van der Waals surface area contributed by atoms with Gasteiger partial charge in [0.2, 0.25) is 5.91 Å². The Kier molecular flexibility index (Phi) is 7.79. The van der Waals surface area contributed by atoms with Gasteiger partial charge < -0.3 is 15.4 Å². The van der Waals surface area contributed by atoms with Crippen LogP contribution in [0.1, 0.15) is 30.7 Å². The molecule has 0 spiro atoms. The van der Waals surface area contributed by atoms with Gasteiger partial charge in [-0.15, -0.1) is 0 Å². The minimum Gasteiger partial charge on any atom is -0.487 e. The molecule has 0 aliphatic heterocycles. The maximum absolute atomic E-state index is 12.8. The van der Waals surface area contributed by atoms with E-state index in [0.29, 0.717) is 19.6 Å². The molecule has 3 aromatic rings. The van der Waals surface area contributed by atoms with Crippen LogP contribution in [-0.4, -0.2) is 30.5 Å². The molecule has 1 amide bonds. The van der Waals surface area contributed by atoms with Crippen LogP contribution in [0.2, 0.25) is 0 Å². The van der Waals surface area contributed by atoms with Gasteiger partial charge >= 0.3 is 0 Å². The fourth-order valence-electron chi connectivity index (χ4n) is 3.35. The second-order valence-electron chi connectivity index (χ2n) is 8.27. The summed E-state index contributed by atoms with van der Waals surface area (Å²) >= 11 is 0. The predicted molar refractivity (Wildman–Crippen MR) is 124 cm³/mol. The molecule has 1 aromatic heterocycles. The molecule has 0 radical (unpaired) electrons. The number of nitrogens with one attached hydrogen (secondary N) is 2. The average Bonchev–Trinajstić information content (AvgIpc) is 2.81. The van der Waals surface area contributed by atoms with Crippen molar-refractivity contribution in [3.8, 4) is 5.75 Å². The zero-order valence-corrected chi connectivity index (χ0v) is 18.5. The summed E-state index contributed by atoms with van der Waals surface area (Å²) in [6.07, 6.45) is 2.36. The molecule has 5 nitrogen and oxygen atoms in total. The molecule has 31 heavy (non-hydrogen) atoms. The largest absolute Gasteiger partial charge is 0.487 e. The summed E-state index contributed by atoms with van der Waals surface area (Å²) in [5.41, 5.74) is 3.03. The van der Waals surface area contributed by atoms with Gasteiger partial charge in [-0.1, -0.05) is 62.4 Å². The Hall–Kier alpha value is -3.18. The zero-order chi connectivity index (χ0) is 22.1. The van der Waals surface area contributed by atoms with Gasteiger partial charge in [0.25, 0.3) is 0 Å². The number of aromatic nitrogens is 1. The van der Waals surface area contributed by atoms with E-state index in [1.165, 1.54) is 5.56 Å². The molecule has 0 aliphatic carbocycles. The van der Waals surface area contributed by atoms with Gasteiger partial charge in [0.1, 0.15) is 12.4 Å². The highest BCUT2D eigenvalue weighted by Gasteiger charge is 2.23. The molecule has 0 fully saturated rings. The Morgan fingerprint density at radius 2 is 1.71 bits per heavy atom. The van der Waals surface area contributed by atoms with E-state index >= 15 is 0 Å². The number of likely N-dealkylation sites (N-methyl/N-ethyl adjacent to an activating group) is 1. The number of hydrogen-bond donors (Lipinski definition) is 2. The summed E-state index contributed by atoms with van der Waals surface area (Å²) in [5.74, 6) is 0.784. The maximum Gasteiger partial charge on any atom is 0.237 e. The first-order valence-electron chi connectivity index (χ1n) is 10.6. The van der Waals surface area contributed by atoms with Gasteiger partial charge in [0, 0.05) is 18.2 Å². The average molecular weight is 418 g/mol. The van der Waals surface area contributed by atoms with E-state index in [1.54, 1.807) is 6.20 Å². The second-order valence-corrected chi connectivity index (χ2v) is 8.27. The number of nitrogens with zero attached hydrogens (tertiary/aromatic N) is 1. The molecule has 2 aromatic carbocycles. The van der Waals surface area contributed by atoms with Crippen LogP contribution in [0.5, 0.6) is 5.75 Å². The monoisotopic (exact) mass is 417 g/mol. The number of pyridine rings is 1. The lowest BCUT2D eigenvalue weighted by Gasteiger charge is -2.27. The number of benzene rings is 2. The van der Waals surface area contributed by atoms with Crippen LogP contribution in [0.25, 0.3) is 0 Å². The predicted octanol–water partition coefficient (Wildman–Crippen LogP) is 3.89. The minimum atomic E-state index is -0.299. The van der Waals surface area contributed by atoms with Crippen molar-refractivity contribution in [1.29, 1.82) is 0 Å². The highest BCUT2D eigenvalue weighted by atomic mass is 16.5. The van der Waals surface area contributed by atoms with Crippen molar-refractivity contribution in [2.24, 2.45) is 0 Å². The topological polar surface area (TPSA) is 63.2 Å². The lowest BCUT2D eigenvalue weighted by molar-refractivity contribution is -0.123. The quantitative estimate of drug-likeness (QED) is 0.525. The fourth-order valence-corrected chi connectivity index (χ4v) is 3.35. The van der Waals surface area contributed by atoms with E-state index in [0.717, 1.165) is 17.0 Å². The van der Waals surface area contributed by atoms with Crippen LogP contribution < -0.4 is 15.4 Å². The normalized spacial score (nSPS) is 12.2. The number of hydrogen-bond acceptors (Lipinski definition) is 4. The van der Waals surface area contributed by atoms with Crippen LogP contribution >= 0.6 is 0 Å². The van der Waals surface area contributed by atoms with Crippen LogP contribution in [-0.2, 0) is 23.2 Å².